The lowest BCUT2D eigenvalue weighted by Gasteiger charge is -2.39. The van der Waals surface area contributed by atoms with E-state index in [4.69, 9.17) is 9.31 Å². The summed E-state index contributed by atoms with van der Waals surface area (Å²) in [5.41, 5.74) is 6.33. The number of nitrogens with zero attached hydrogens (tertiary/aromatic N) is 1. The van der Waals surface area contributed by atoms with Gasteiger partial charge in [-0.15, -0.1) is 0 Å². The van der Waals surface area contributed by atoms with Crippen molar-refractivity contribution in [3.63, 3.8) is 0 Å². The molecule has 9 heteroatoms. The Morgan fingerprint density at radius 1 is 0.949 bits per heavy atom. The molecule has 1 fully saturated rings. The van der Waals surface area contributed by atoms with Gasteiger partial charge in [-0.05, 0) is 88.7 Å². The monoisotopic (exact) mass is 662 g/mol. The highest BCUT2D eigenvalue weighted by molar-refractivity contribution is 9.24. The van der Waals surface area contributed by atoms with E-state index < -0.39 is 18.3 Å². The number of aryl methyl sites for hydroxylation is 2. The fraction of sp³-hybridized carbons (Fsp3) is 0.533. The Morgan fingerprint density at radius 2 is 1.49 bits per heavy atom. The minimum absolute atomic E-state index is 0.224. The van der Waals surface area contributed by atoms with E-state index in [1.165, 1.54) is 5.01 Å². The third-order valence-electron chi connectivity index (χ3n) is 7.70. The molecule has 39 heavy (non-hydrogen) atoms. The van der Waals surface area contributed by atoms with Crippen LogP contribution in [0.2, 0.25) is 0 Å². The predicted octanol–water partition coefficient (Wildman–Crippen LogP) is 7.00. The van der Waals surface area contributed by atoms with Gasteiger partial charge >= 0.3 is 7.12 Å². The summed E-state index contributed by atoms with van der Waals surface area (Å²) in [6.07, 6.45) is 0.678. The van der Waals surface area contributed by atoms with Gasteiger partial charge in [-0.25, -0.2) is 5.01 Å². The molecule has 1 aliphatic rings. The standard InChI is InChI=1S/C30H41BBr2N2O4/c1-11-24(28(4,5)6)35(27(37)21-15-18(2)14-19(3)16-21)34-26(36)20-12-13-23(22(17-20)25(32)33)31-38-29(7,8)30(9,10)39-31/h12-17,24-25H,11H2,1-10H3,(H,34,36)/t24-/m1/s1. The van der Waals surface area contributed by atoms with Gasteiger partial charge in [0.15, 0.2) is 0 Å². The molecule has 0 bridgehead atoms. The largest absolute Gasteiger partial charge is 0.495 e. The van der Waals surface area contributed by atoms with Crippen LogP contribution in [0, 0.1) is 19.3 Å². The molecule has 1 atom stereocenters. The summed E-state index contributed by atoms with van der Waals surface area (Å²) in [4.78, 5) is 27.5. The third-order valence-corrected chi connectivity index (χ3v) is 8.69. The summed E-state index contributed by atoms with van der Waals surface area (Å²) in [5, 5.41) is 1.51. The van der Waals surface area contributed by atoms with Gasteiger partial charge in [-0.2, -0.15) is 0 Å². The van der Waals surface area contributed by atoms with E-state index in [9.17, 15) is 9.59 Å². The molecular formula is C30H41BBr2N2O4. The zero-order valence-electron chi connectivity index (χ0n) is 24.7. The number of carbonyl (C=O) groups is 2. The molecule has 3 rings (SSSR count). The van der Waals surface area contributed by atoms with Crippen LogP contribution in [0.3, 0.4) is 0 Å². The first-order valence-corrected chi connectivity index (χ1v) is 15.2. The van der Waals surface area contributed by atoms with Crippen LogP contribution in [-0.4, -0.2) is 41.2 Å². The predicted molar refractivity (Wildman–Crippen MR) is 166 cm³/mol. The summed E-state index contributed by atoms with van der Waals surface area (Å²) >= 11 is 7.22. The molecule has 2 aromatic rings. The molecule has 0 radical (unpaired) electrons. The summed E-state index contributed by atoms with van der Waals surface area (Å²) < 4.78 is 12.3. The summed E-state index contributed by atoms with van der Waals surface area (Å²) in [7, 11) is -0.576. The van der Waals surface area contributed by atoms with Crippen LogP contribution in [0.1, 0.15) is 103 Å². The van der Waals surface area contributed by atoms with Crippen molar-refractivity contribution in [1.29, 1.82) is 0 Å². The van der Waals surface area contributed by atoms with E-state index in [0.717, 1.165) is 22.2 Å². The minimum atomic E-state index is -0.576. The molecule has 1 heterocycles. The molecule has 0 saturated carbocycles. The van der Waals surface area contributed by atoms with E-state index in [2.05, 4.69) is 58.1 Å². The van der Waals surface area contributed by atoms with E-state index in [1.807, 2.05) is 72.7 Å². The van der Waals surface area contributed by atoms with Crippen LogP contribution in [-0.2, 0) is 9.31 Å². The summed E-state index contributed by atoms with van der Waals surface area (Å²) in [6.45, 7) is 20.2. The number of benzene rings is 2. The van der Waals surface area contributed by atoms with Gasteiger partial charge in [-0.1, -0.05) is 82.8 Å². The lowest BCUT2D eigenvalue weighted by molar-refractivity contribution is 0.00578. The normalized spacial score (nSPS) is 17.3. The van der Waals surface area contributed by atoms with Crippen LogP contribution in [0.5, 0.6) is 0 Å². The van der Waals surface area contributed by atoms with Gasteiger partial charge in [0.25, 0.3) is 11.8 Å². The smallest absolute Gasteiger partial charge is 0.399 e. The van der Waals surface area contributed by atoms with Gasteiger partial charge in [-0.3, -0.25) is 15.0 Å². The first-order valence-electron chi connectivity index (χ1n) is 13.4. The Morgan fingerprint density at radius 3 is 1.95 bits per heavy atom. The number of carbonyl (C=O) groups excluding carboxylic acids is 2. The van der Waals surface area contributed by atoms with Crippen LogP contribution >= 0.6 is 31.9 Å². The number of hydrogen-bond donors (Lipinski definition) is 1. The maximum absolute atomic E-state index is 13.9. The molecule has 0 unspecified atom stereocenters. The number of hydrazine groups is 1. The van der Waals surface area contributed by atoms with Crippen molar-refractivity contribution in [3.05, 3.63) is 64.2 Å². The highest BCUT2D eigenvalue weighted by Gasteiger charge is 2.52. The van der Waals surface area contributed by atoms with E-state index in [0.29, 0.717) is 17.5 Å². The summed E-state index contributed by atoms with van der Waals surface area (Å²) in [5.74, 6) is -0.595. The molecule has 1 aliphatic heterocycles. The van der Waals surface area contributed by atoms with E-state index in [1.54, 1.807) is 12.1 Å². The van der Waals surface area contributed by atoms with Crippen LogP contribution in [0.15, 0.2) is 36.4 Å². The van der Waals surface area contributed by atoms with Crippen molar-refractivity contribution >= 4 is 56.3 Å². The molecule has 2 amide bonds. The number of hydrogen-bond acceptors (Lipinski definition) is 4. The lowest BCUT2D eigenvalue weighted by atomic mass is 9.76. The maximum Gasteiger partial charge on any atom is 0.495 e. The first kappa shape index (κ1) is 31.8. The molecule has 0 spiro atoms. The zero-order valence-corrected chi connectivity index (χ0v) is 27.9. The topological polar surface area (TPSA) is 67.9 Å². The molecule has 2 aromatic carbocycles. The highest BCUT2D eigenvalue weighted by atomic mass is 79.9. The second kappa shape index (κ2) is 11.7. The SMILES string of the molecule is CC[C@@H](N(NC(=O)c1ccc(B2OC(C)(C)C(C)(C)O2)c(C(Br)Br)c1)C(=O)c1cc(C)cc(C)c1)C(C)(C)C. The molecule has 1 N–H and O–H groups in total. The second-order valence-electron chi connectivity index (χ2n) is 12.5. The third kappa shape index (κ3) is 6.98. The van der Waals surface area contributed by atoms with Gasteiger partial charge < -0.3 is 9.31 Å². The Bertz CT molecular complexity index is 1200. The Balaban J connectivity index is 1.98. The van der Waals surface area contributed by atoms with Gasteiger partial charge in [0, 0.05) is 11.1 Å². The van der Waals surface area contributed by atoms with Crippen LogP contribution in [0.4, 0.5) is 0 Å². The fourth-order valence-corrected chi connectivity index (χ4v) is 5.75. The van der Waals surface area contributed by atoms with Gasteiger partial charge in [0.2, 0.25) is 0 Å². The van der Waals surface area contributed by atoms with Crippen LogP contribution in [0.25, 0.3) is 0 Å². The average molecular weight is 664 g/mol. The molecule has 212 valence electrons. The van der Waals surface area contributed by atoms with Crippen molar-refractivity contribution < 1.29 is 18.9 Å². The number of amides is 2. The Labute approximate surface area is 251 Å². The van der Waals surface area contributed by atoms with Crippen molar-refractivity contribution in [2.75, 3.05) is 0 Å². The molecule has 0 aromatic heterocycles. The number of alkyl halides is 2. The average Bonchev–Trinajstić information content (AvgIpc) is 3.02. The quantitative estimate of drug-likeness (QED) is 0.205. The number of halogens is 2. The Kier molecular flexibility index (Phi) is 9.53. The van der Waals surface area contributed by atoms with Gasteiger partial charge in [0.1, 0.15) is 0 Å². The molecule has 0 aliphatic carbocycles. The lowest BCUT2D eigenvalue weighted by Crippen LogP contribution is -2.56. The van der Waals surface area contributed by atoms with Crippen LogP contribution < -0.4 is 10.9 Å². The second-order valence-corrected chi connectivity index (χ2v) is 15.6. The number of rotatable bonds is 6. The summed E-state index contributed by atoms with van der Waals surface area (Å²) in [6, 6.07) is 10.9. The van der Waals surface area contributed by atoms with Crippen molar-refractivity contribution in [3.8, 4) is 0 Å². The molecular weight excluding hydrogens is 623 g/mol. The van der Waals surface area contributed by atoms with Crippen molar-refractivity contribution in [2.24, 2.45) is 5.41 Å². The van der Waals surface area contributed by atoms with Gasteiger partial charge in [0.05, 0.1) is 21.0 Å². The highest BCUT2D eigenvalue weighted by Crippen LogP contribution is 2.38. The van der Waals surface area contributed by atoms with E-state index >= 15 is 0 Å². The van der Waals surface area contributed by atoms with E-state index in [-0.39, 0.29) is 27.0 Å². The molecule has 6 nitrogen and oxygen atoms in total. The number of nitrogens with one attached hydrogen (secondary N) is 1. The first-order chi connectivity index (χ1) is 17.9. The molecule has 1 saturated heterocycles. The van der Waals surface area contributed by atoms with Crippen molar-refractivity contribution in [1.82, 2.24) is 10.4 Å². The maximum atomic E-state index is 13.9. The van der Waals surface area contributed by atoms with Crippen molar-refractivity contribution in [2.45, 2.75) is 96.6 Å². The Hall–Kier alpha value is -1.68. The minimum Gasteiger partial charge on any atom is -0.399 e. The fourth-order valence-electron chi connectivity index (χ4n) is 4.95. The zero-order chi connectivity index (χ0) is 29.5.